The Hall–Kier alpha value is -3.17. The van der Waals surface area contributed by atoms with Gasteiger partial charge in [0.15, 0.2) is 0 Å². The predicted molar refractivity (Wildman–Crippen MR) is 141 cm³/mol. The Morgan fingerprint density at radius 1 is 1.05 bits per heavy atom. The summed E-state index contributed by atoms with van der Waals surface area (Å²) in [6.45, 7) is 4.96. The van der Waals surface area contributed by atoms with Gasteiger partial charge in [-0.1, -0.05) is 35.9 Å². The molecule has 2 aromatic carbocycles. The maximum absolute atomic E-state index is 12.9. The van der Waals surface area contributed by atoms with Crippen molar-refractivity contribution in [2.75, 3.05) is 13.1 Å². The van der Waals surface area contributed by atoms with Crippen molar-refractivity contribution in [1.82, 2.24) is 9.88 Å². The molecule has 0 aliphatic carbocycles. The van der Waals surface area contributed by atoms with Crippen molar-refractivity contribution in [2.45, 2.75) is 51.6 Å². The molecule has 1 unspecified atom stereocenters. The third-order valence-electron chi connectivity index (χ3n) is 5.34. The van der Waals surface area contributed by atoms with Crippen LogP contribution >= 0.6 is 11.6 Å². The van der Waals surface area contributed by atoms with Crippen molar-refractivity contribution in [3.63, 3.8) is 0 Å². The van der Waals surface area contributed by atoms with Gasteiger partial charge in [-0.15, -0.1) is 0 Å². The number of rotatable bonds is 10. The van der Waals surface area contributed by atoms with E-state index in [0.717, 1.165) is 5.56 Å². The molecule has 0 bridgehead atoms. The first-order chi connectivity index (χ1) is 17.5. The number of pyridine rings is 1. The molecular weight excluding hydrogens is 496 g/mol. The van der Waals surface area contributed by atoms with Crippen LogP contribution in [0.1, 0.15) is 43.6 Å². The maximum Gasteiger partial charge on any atom is 0.410 e. The Morgan fingerprint density at radius 2 is 1.78 bits per heavy atom. The van der Waals surface area contributed by atoms with E-state index in [4.69, 9.17) is 21.1 Å². The summed E-state index contributed by atoms with van der Waals surface area (Å²) in [6.07, 6.45) is -0.712. The highest BCUT2D eigenvalue weighted by atomic mass is 35.5. The topological polar surface area (TPSA) is 112 Å². The number of hydrogen-bond donors (Lipinski definition) is 3. The van der Waals surface area contributed by atoms with Gasteiger partial charge in [-0.05, 0) is 68.3 Å². The van der Waals surface area contributed by atoms with Gasteiger partial charge in [0.25, 0.3) is 0 Å². The number of carbonyl (C=O) groups is 1. The highest BCUT2D eigenvalue weighted by Crippen LogP contribution is 2.24. The Bertz CT molecular complexity index is 1170. The largest absolute Gasteiger partial charge is 0.444 e. The van der Waals surface area contributed by atoms with Gasteiger partial charge in [0.1, 0.15) is 11.4 Å². The molecule has 0 aliphatic rings. The van der Waals surface area contributed by atoms with E-state index in [2.05, 4.69) is 4.98 Å². The molecule has 1 aromatic heterocycles. The summed E-state index contributed by atoms with van der Waals surface area (Å²) in [5.41, 5.74) is 1.22. The fourth-order valence-electron chi connectivity index (χ4n) is 3.61. The molecule has 3 aromatic rings. The van der Waals surface area contributed by atoms with Crippen molar-refractivity contribution in [3.8, 4) is 11.6 Å². The Kier molecular flexibility index (Phi) is 9.88. The molecule has 1 heterocycles. The molecule has 198 valence electrons. The molecule has 1 amide bonds. The minimum atomic E-state index is -1.01. The third kappa shape index (κ3) is 9.02. The first-order valence-corrected chi connectivity index (χ1v) is 12.3. The number of aliphatic hydroxyl groups excluding tert-OH is 3. The van der Waals surface area contributed by atoms with Crippen LogP contribution in [0.2, 0.25) is 5.02 Å². The molecule has 3 N–H and O–H groups in total. The fourth-order valence-corrected chi connectivity index (χ4v) is 3.81. The van der Waals surface area contributed by atoms with E-state index in [1.54, 1.807) is 87.6 Å². The van der Waals surface area contributed by atoms with Gasteiger partial charge in [-0.3, -0.25) is 0 Å². The Balaban J connectivity index is 1.66. The lowest BCUT2D eigenvalue weighted by Gasteiger charge is -2.30. The summed E-state index contributed by atoms with van der Waals surface area (Å²) in [5.74, 6) is 0.857. The van der Waals surface area contributed by atoms with Crippen molar-refractivity contribution in [3.05, 3.63) is 88.6 Å². The number of amides is 1. The van der Waals surface area contributed by atoms with Gasteiger partial charge in [0.2, 0.25) is 5.88 Å². The minimum Gasteiger partial charge on any atom is -0.444 e. The summed E-state index contributed by atoms with van der Waals surface area (Å²) in [5, 5.41) is 31.4. The Labute approximate surface area is 222 Å². The number of ether oxygens (including phenoxy) is 2. The highest BCUT2D eigenvalue weighted by Gasteiger charge is 2.26. The van der Waals surface area contributed by atoms with Crippen molar-refractivity contribution < 1.29 is 29.6 Å². The van der Waals surface area contributed by atoms with E-state index in [1.807, 2.05) is 0 Å². The van der Waals surface area contributed by atoms with Crippen molar-refractivity contribution in [1.29, 1.82) is 0 Å². The second-order valence-corrected chi connectivity index (χ2v) is 10.1. The molecule has 9 heteroatoms. The molecule has 8 nitrogen and oxygen atoms in total. The average molecular weight is 529 g/mol. The lowest BCUT2D eigenvalue weighted by atomic mass is 10.1. The number of halogens is 1. The van der Waals surface area contributed by atoms with E-state index in [9.17, 15) is 20.1 Å². The molecular formula is C28H33ClN2O6. The number of aliphatic hydroxyl groups is 3. The van der Waals surface area contributed by atoms with E-state index >= 15 is 0 Å². The summed E-state index contributed by atoms with van der Waals surface area (Å²) in [4.78, 5) is 18.3. The predicted octanol–water partition coefficient (Wildman–Crippen LogP) is 4.89. The smallest absolute Gasteiger partial charge is 0.410 e. The summed E-state index contributed by atoms with van der Waals surface area (Å²) in [6, 6.07) is 17.3. The van der Waals surface area contributed by atoms with Gasteiger partial charge in [0.05, 0.1) is 31.9 Å². The molecule has 0 saturated carbocycles. The molecule has 37 heavy (non-hydrogen) atoms. The standard InChI is InChI=1S/C28H33ClN2O6/c1-28(2,3)37-27(35)31(17-25(34)20-6-4-8-22(29)15-20)16-23(33)14-19-9-11-24(12-10-19)36-26-21(18-32)7-5-13-30-26/h4-13,15,23,25,32-34H,14,16-18H2,1-3H3/t23?,25-/m1/s1. The SMILES string of the molecule is CC(C)(C)OC(=O)N(CC(O)Cc1ccc(Oc2ncccc2CO)cc1)C[C@@H](O)c1cccc(Cl)c1. The van der Waals surface area contributed by atoms with Crippen LogP contribution in [-0.4, -0.2) is 56.1 Å². The lowest BCUT2D eigenvalue weighted by molar-refractivity contribution is 0.00296. The third-order valence-corrected chi connectivity index (χ3v) is 5.57. The first-order valence-electron chi connectivity index (χ1n) is 11.9. The van der Waals surface area contributed by atoms with E-state index in [-0.39, 0.29) is 26.1 Å². The van der Waals surface area contributed by atoms with Gasteiger partial charge < -0.3 is 29.7 Å². The zero-order chi connectivity index (χ0) is 27.0. The molecule has 2 atom stereocenters. The molecule has 0 radical (unpaired) electrons. The van der Waals surface area contributed by atoms with Crippen LogP contribution in [0.25, 0.3) is 0 Å². The number of benzene rings is 2. The van der Waals surface area contributed by atoms with Gasteiger partial charge in [-0.2, -0.15) is 0 Å². The quantitative estimate of drug-likeness (QED) is 0.343. The molecule has 0 spiro atoms. The van der Waals surface area contributed by atoms with Crippen LogP contribution in [0.5, 0.6) is 11.6 Å². The lowest BCUT2D eigenvalue weighted by Crippen LogP contribution is -2.43. The summed E-state index contributed by atoms with van der Waals surface area (Å²) in [7, 11) is 0. The Morgan fingerprint density at radius 3 is 2.43 bits per heavy atom. The second-order valence-electron chi connectivity index (χ2n) is 9.69. The van der Waals surface area contributed by atoms with E-state index < -0.39 is 23.9 Å². The van der Waals surface area contributed by atoms with Gasteiger partial charge in [0, 0.05) is 23.2 Å². The maximum atomic E-state index is 12.9. The van der Waals surface area contributed by atoms with Crippen LogP contribution in [0.4, 0.5) is 4.79 Å². The van der Waals surface area contributed by atoms with Crippen LogP contribution < -0.4 is 4.74 Å². The average Bonchev–Trinajstić information content (AvgIpc) is 2.84. The van der Waals surface area contributed by atoms with Gasteiger partial charge in [-0.25, -0.2) is 9.78 Å². The first kappa shape index (κ1) is 28.4. The van der Waals surface area contributed by atoms with Crippen LogP contribution in [-0.2, 0) is 17.8 Å². The summed E-state index contributed by atoms with van der Waals surface area (Å²) >= 11 is 6.04. The number of carbonyl (C=O) groups excluding carboxylic acids is 1. The monoisotopic (exact) mass is 528 g/mol. The van der Waals surface area contributed by atoms with Crippen LogP contribution in [0, 0.1) is 0 Å². The van der Waals surface area contributed by atoms with E-state index in [0.29, 0.717) is 27.8 Å². The van der Waals surface area contributed by atoms with Crippen LogP contribution in [0.3, 0.4) is 0 Å². The van der Waals surface area contributed by atoms with Gasteiger partial charge >= 0.3 is 6.09 Å². The zero-order valence-corrected chi connectivity index (χ0v) is 21.9. The number of nitrogens with zero attached hydrogens (tertiary/aromatic N) is 2. The number of hydrogen-bond acceptors (Lipinski definition) is 7. The summed E-state index contributed by atoms with van der Waals surface area (Å²) < 4.78 is 11.3. The zero-order valence-electron chi connectivity index (χ0n) is 21.2. The van der Waals surface area contributed by atoms with Crippen molar-refractivity contribution in [2.24, 2.45) is 0 Å². The molecule has 0 fully saturated rings. The fraction of sp³-hybridized carbons (Fsp3) is 0.357. The van der Waals surface area contributed by atoms with Crippen LogP contribution in [0.15, 0.2) is 66.9 Å². The minimum absolute atomic E-state index is 0.0431. The molecule has 0 aliphatic heterocycles. The van der Waals surface area contributed by atoms with E-state index in [1.165, 1.54) is 4.90 Å². The highest BCUT2D eigenvalue weighted by molar-refractivity contribution is 6.30. The second kappa shape index (κ2) is 12.9. The normalized spacial score (nSPS) is 13.1. The number of aromatic nitrogens is 1. The van der Waals surface area contributed by atoms with Crippen molar-refractivity contribution >= 4 is 17.7 Å². The molecule has 0 saturated heterocycles. The molecule has 3 rings (SSSR count).